The van der Waals surface area contributed by atoms with Crippen LogP contribution in [0, 0.1) is 0 Å². The van der Waals surface area contributed by atoms with Crippen LogP contribution in [0.5, 0.6) is 17.2 Å². The molecule has 1 aliphatic rings. The fraction of sp³-hybridized carbons (Fsp3) is 0.222. The molecular weight excluding hydrogens is 655 g/mol. The predicted molar refractivity (Wildman–Crippen MR) is 117 cm³/mol. The molecule has 0 fully saturated rings. The molecule has 0 aliphatic heterocycles. The van der Waals surface area contributed by atoms with Crippen molar-refractivity contribution in [3.8, 4) is 17.2 Å². The summed E-state index contributed by atoms with van der Waals surface area (Å²) in [5, 5.41) is 21.0. The molecule has 2 aromatic carbocycles. The van der Waals surface area contributed by atoms with E-state index >= 15 is 0 Å². The maximum atomic E-state index is 13.3. The Morgan fingerprint density at radius 1 is 1.00 bits per heavy atom. The smallest absolute Gasteiger partial charge is 0.726 e. The van der Waals surface area contributed by atoms with Crippen molar-refractivity contribution in [3.63, 3.8) is 0 Å². The van der Waals surface area contributed by atoms with Crippen molar-refractivity contribution in [2.45, 2.75) is 19.4 Å². The average molecular weight is 667 g/mol. The largest absolute Gasteiger partial charge is 1.00 e. The maximum absolute atomic E-state index is 13.3. The third kappa shape index (κ3) is 4.82. The fourth-order valence-corrected chi connectivity index (χ4v) is 5.68. The molecule has 32 heavy (non-hydrogen) atoms. The normalized spacial score (nSPS) is 13.8. The Labute approximate surface area is 230 Å². The minimum atomic E-state index is -4.97. The number of aromatic hydroxyl groups is 2. The van der Waals surface area contributed by atoms with Crippen LogP contribution in [0.2, 0.25) is 0 Å². The molecule has 166 valence electrons. The van der Waals surface area contributed by atoms with Gasteiger partial charge < -0.3 is 19.5 Å². The van der Waals surface area contributed by atoms with Gasteiger partial charge in [0.05, 0.1) is 38.8 Å². The van der Waals surface area contributed by atoms with Crippen LogP contribution in [-0.2, 0) is 21.0 Å². The third-order valence-corrected chi connectivity index (χ3v) is 7.50. The number of carbonyl (C=O) groups is 2. The summed E-state index contributed by atoms with van der Waals surface area (Å²) in [5.41, 5.74) is -0.549. The van der Waals surface area contributed by atoms with Crippen molar-refractivity contribution in [1.82, 2.24) is 0 Å². The van der Waals surface area contributed by atoms with Gasteiger partial charge in [-0.05, 0) is 66.3 Å². The van der Waals surface area contributed by atoms with Gasteiger partial charge in [0.25, 0.3) is 0 Å². The molecule has 0 heterocycles. The van der Waals surface area contributed by atoms with E-state index in [4.69, 9.17) is 4.74 Å². The second-order valence-corrected chi connectivity index (χ2v) is 9.95. The molecule has 1 aliphatic carbocycles. The van der Waals surface area contributed by atoms with E-state index in [0.717, 1.165) is 0 Å². The second-order valence-electron chi connectivity index (χ2n) is 6.56. The van der Waals surface area contributed by atoms with E-state index in [-0.39, 0.29) is 88.7 Å². The van der Waals surface area contributed by atoms with Gasteiger partial charge in [0.1, 0.15) is 21.7 Å². The first-order valence-corrected chi connectivity index (χ1v) is 12.1. The number of hydrogen-bond acceptors (Lipinski definition) is 9. The van der Waals surface area contributed by atoms with Crippen LogP contribution in [0.4, 0.5) is 0 Å². The molecule has 0 spiro atoms. The predicted octanol–water partition coefficient (Wildman–Crippen LogP) is 0.581. The Balaban J connectivity index is 0.00000363. The van der Waals surface area contributed by atoms with E-state index in [0.29, 0.717) is 0 Å². The third-order valence-electron chi connectivity index (χ3n) is 4.55. The SMILES string of the molecule is COc1c(Br)c(O)c(Br)c2c1C(=O)c1c(cc(CC(C)OS(=O)(=O)[O-])c(Br)c1O)C2=O.[Na+]. The van der Waals surface area contributed by atoms with Crippen LogP contribution in [0.1, 0.15) is 44.3 Å². The van der Waals surface area contributed by atoms with Crippen molar-refractivity contribution >= 4 is 69.8 Å². The number of phenols is 2. The Kier molecular flexibility index (Phi) is 8.67. The van der Waals surface area contributed by atoms with Crippen molar-refractivity contribution < 1.29 is 71.2 Å². The molecule has 0 aromatic heterocycles. The van der Waals surface area contributed by atoms with Crippen LogP contribution in [0.25, 0.3) is 0 Å². The Morgan fingerprint density at radius 2 is 1.59 bits per heavy atom. The number of benzene rings is 2. The van der Waals surface area contributed by atoms with Gasteiger partial charge in [-0.2, -0.15) is 0 Å². The molecule has 1 atom stereocenters. The van der Waals surface area contributed by atoms with E-state index in [9.17, 15) is 32.8 Å². The van der Waals surface area contributed by atoms with E-state index in [1.807, 2.05) is 0 Å². The molecule has 2 N–H and O–H groups in total. The molecule has 0 amide bonds. The van der Waals surface area contributed by atoms with Gasteiger partial charge in [0.15, 0.2) is 5.78 Å². The molecule has 9 nitrogen and oxygen atoms in total. The summed E-state index contributed by atoms with van der Waals surface area (Å²) in [6.45, 7) is 1.32. The molecule has 0 saturated heterocycles. The molecule has 0 saturated carbocycles. The van der Waals surface area contributed by atoms with Crippen LogP contribution >= 0.6 is 47.8 Å². The van der Waals surface area contributed by atoms with E-state index in [1.54, 1.807) is 0 Å². The zero-order valence-corrected chi connectivity index (χ0v) is 24.2. The first-order valence-electron chi connectivity index (χ1n) is 8.35. The van der Waals surface area contributed by atoms with Crippen LogP contribution in [0.15, 0.2) is 19.5 Å². The standard InChI is InChI=1S/C18H13Br3O9S.Na/c1-5(30-31(26,27)28)3-6-4-7-8(16(24)11(6)19)15(23)10-9(14(7)22)12(20)17(25)13(21)18(10)29-2;/h4-5,24-25H,3H2,1-2H3,(H,26,27,28);/q;+1/p-1. The monoisotopic (exact) mass is 664 g/mol. The zero-order chi connectivity index (χ0) is 23.4. The van der Waals surface area contributed by atoms with Crippen molar-refractivity contribution in [1.29, 1.82) is 0 Å². The molecule has 3 rings (SSSR count). The first-order chi connectivity index (χ1) is 14.3. The number of ketones is 2. The van der Waals surface area contributed by atoms with Gasteiger partial charge in [-0.25, -0.2) is 8.42 Å². The number of hydrogen-bond donors (Lipinski definition) is 2. The van der Waals surface area contributed by atoms with Gasteiger partial charge in [-0.15, -0.1) is 0 Å². The number of carbonyl (C=O) groups excluding carboxylic acids is 2. The summed E-state index contributed by atoms with van der Waals surface area (Å²) < 4.78 is 42.1. The average Bonchev–Trinajstić information content (AvgIpc) is 2.66. The van der Waals surface area contributed by atoms with Gasteiger partial charge in [0.2, 0.25) is 16.2 Å². The van der Waals surface area contributed by atoms with Gasteiger partial charge in [0, 0.05) is 12.0 Å². The van der Waals surface area contributed by atoms with Gasteiger partial charge >= 0.3 is 29.6 Å². The molecule has 0 radical (unpaired) electrons. The van der Waals surface area contributed by atoms with Crippen LogP contribution in [-0.4, -0.2) is 48.0 Å². The zero-order valence-electron chi connectivity index (χ0n) is 16.7. The van der Waals surface area contributed by atoms with E-state index < -0.39 is 33.8 Å². The van der Waals surface area contributed by atoms with E-state index in [1.165, 1.54) is 20.1 Å². The minimum Gasteiger partial charge on any atom is -0.726 e. The van der Waals surface area contributed by atoms with Gasteiger partial charge in [-0.3, -0.25) is 13.8 Å². The topological polar surface area (TPSA) is 150 Å². The van der Waals surface area contributed by atoms with Gasteiger partial charge in [-0.1, -0.05) is 0 Å². The minimum absolute atomic E-state index is 0. The first kappa shape index (κ1) is 27.7. The number of fused-ring (bicyclic) bond motifs is 2. The molecule has 1 unspecified atom stereocenters. The molecule has 14 heteroatoms. The molecule has 2 aromatic rings. The summed E-state index contributed by atoms with van der Waals surface area (Å²) in [4.78, 5) is 26.5. The summed E-state index contributed by atoms with van der Waals surface area (Å²) in [6, 6.07) is 1.29. The van der Waals surface area contributed by atoms with Crippen molar-refractivity contribution in [2.24, 2.45) is 0 Å². The molecule has 0 bridgehead atoms. The Bertz CT molecular complexity index is 1260. The summed E-state index contributed by atoms with van der Waals surface area (Å²) in [5.74, 6) is -2.40. The quantitative estimate of drug-likeness (QED) is 0.227. The maximum Gasteiger partial charge on any atom is 1.00 e. The van der Waals surface area contributed by atoms with Crippen molar-refractivity contribution in [3.05, 3.63) is 47.3 Å². The number of ether oxygens (including phenoxy) is 1. The Morgan fingerprint density at radius 3 is 2.12 bits per heavy atom. The van der Waals surface area contributed by atoms with E-state index in [2.05, 4.69) is 52.0 Å². The summed E-state index contributed by atoms with van der Waals surface area (Å²) >= 11 is 9.39. The summed E-state index contributed by atoms with van der Waals surface area (Å²) in [6.07, 6.45) is -1.28. The second kappa shape index (κ2) is 10.0. The Hall–Kier alpha value is -0.510. The van der Waals surface area contributed by atoms with Crippen molar-refractivity contribution in [2.75, 3.05) is 7.11 Å². The fourth-order valence-electron chi connectivity index (χ4n) is 3.34. The van der Waals surface area contributed by atoms with Crippen LogP contribution in [0.3, 0.4) is 0 Å². The number of rotatable bonds is 5. The number of methoxy groups -OCH3 is 1. The van der Waals surface area contributed by atoms with Crippen LogP contribution < -0.4 is 34.3 Å². The summed E-state index contributed by atoms with van der Waals surface area (Å²) in [7, 11) is -3.71. The number of halogens is 3. The molecular formula is C18H12Br3NaO9S. The number of phenolic OH excluding ortho intramolecular Hbond substituents is 2.